The summed E-state index contributed by atoms with van der Waals surface area (Å²) in [5.74, 6) is 1.32. The van der Waals surface area contributed by atoms with Crippen molar-refractivity contribution in [3.8, 4) is 11.5 Å². The number of carbonyl (C=O) groups excluding carboxylic acids is 2. The molecule has 0 spiro atoms. The van der Waals surface area contributed by atoms with Gasteiger partial charge in [-0.1, -0.05) is 44.2 Å². The molecule has 2 aromatic carbocycles. The van der Waals surface area contributed by atoms with Gasteiger partial charge in [0.2, 0.25) is 0 Å². The van der Waals surface area contributed by atoms with Crippen LogP contribution >= 0.6 is 0 Å². The third-order valence-corrected chi connectivity index (χ3v) is 4.98. The summed E-state index contributed by atoms with van der Waals surface area (Å²) in [5, 5.41) is 7.70. The van der Waals surface area contributed by atoms with Gasteiger partial charge in [0.15, 0.2) is 11.5 Å². The van der Waals surface area contributed by atoms with Crippen LogP contribution in [0.15, 0.2) is 53.6 Å². The Hall–Kier alpha value is -3.35. The maximum absolute atomic E-state index is 12.9. The molecule has 0 saturated carbocycles. The van der Waals surface area contributed by atoms with E-state index in [0.29, 0.717) is 35.2 Å². The van der Waals surface area contributed by atoms with Gasteiger partial charge in [-0.3, -0.25) is 4.79 Å². The second kappa shape index (κ2) is 8.98. The van der Waals surface area contributed by atoms with Gasteiger partial charge in [0.05, 0.1) is 19.9 Å². The molecule has 1 fully saturated rings. The molecule has 0 unspecified atom stereocenters. The normalized spacial score (nSPS) is 18.9. The van der Waals surface area contributed by atoms with E-state index in [1.165, 1.54) is 6.21 Å². The smallest absolute Gasteiger partial charge is 0.346 e. The van der Waals surface area contributed by atoms with E-state index in [-0.39, 0.29) is 0 Å². The fourth-order valence-corrected chi connectivity index (χ4v) is 3.11. The lowest BCUT2D eigenvalue weighted by atomic mass is 9.92. The Labute approximate surface area is 176 Å². The molecular formula is C23H27N3O4. The highest BCUT2D eigenvalue weighted by atomic mass is 16.5. The second-order valence-electron chi connectivity index (χ2n) is 7.72. The fourth-order valence-electron chi connectivity index (χ4n) is 3.11. The summed E-state index contributed by atoms with van der Waals surface area (Å²) in [4.78, 5) is 25.3. The average Bonchev–Trinajstić information content (AvgIpc) is 2.96. The van der Waals surface area contributed by atoms with Gasteiger partial charge < -0.3 is 14.8 Å². The monoisotopic (exact) mass is 409 g/mol. The second-order valence-corrected chi connectivity index (χ2v) is 7.72. The molecule has 1 atom stereocenters. The van der Waals surface area contributed by atoms with E-state index in [2.05, 4.69) is 24.3 Å². The number of hydrogen-bond donors (Lipinski definition) is 1. The fraction of sp³-hybridized carbons (Fsp3) is 0.348. The SMILES string of the molecule is COc1cc(/C=N\N2C(=O)N[C@@](C)(c3ccccc3)C2=O)ccc1OCCC(C)C. The molecule has 2 aromatic rings. The number of hydrogen-bond acceptors (Lipinski definition) is 5. The molecule has 0 bridgehead atoms. The Morgan fingerprint density at radius 2 is 1.87 bits per heavy atom. The number of nitrogens with one attached hydrogen (secondary N) is 1. The van der Waals surface area contributed by atoms with Crippen molar-refractivity contribution in [3.05, 3.63) is 59.7 Å². The summed E-state index contributed by atoms with van der Waals surface area (Å²) in [6, 6.07) is 13.9. The minimum atomic E-state index is -1.15. The van der Waals surface area contributed by atoms with Gasteiger partial charge in [-0.15, -0.1) is 5.01 Å². The van der Waals surface area contributed by atoms with E-state index < -0.39 is 17.5 Å². The minimum absolute atomic E-state index is 0.435. The van der Waals surface area contributed by atoms with Crippen molar-refractivity contribution < 1.29 is 19.1 Å². The molecule has 30 heavy (non-hydrogen) atoms. The van der Waals surface area contributed by atoms with Crippen LogP contribution in [0.25, 0.3) is 0 Å². The van der Waals surface area contributed by atoms with Crippen LogP contribution in [0.5, 0.6) is 11.5 Å². The van der Waals surface area contributed by atoms with Gasteiger partial charge in [-0.2, -0.15) is 5.10 Å². The molecule has 1 heterocycles. The number of amides is 3. The van der Waals surface area contributed by atoms with Gasteiger partial charge in [-0.05, 0) is 48.6 Å². The van der Waals surface area contributed by atoms with Crippen LogP contribution < -0.4 is 14.8 Å². The van der Waals surface area contributed by atoms with E-state index in [1.807, 2.05) is 18.2 Å². The summed E-state index contributed by atoms with van der Waals surface area (Å²) in [6.45, 7) is 6.55. The first-order valence-corrected chi connectivity index (χ1v) is 9.92. The van der Waals surface area contributed by atoms with Crippen molar-refractivity contribution in [2.75, 3.05) is 13.7 Å². The van der Waals surface area contributed by atoms with Crippen molar-refractivity contribution in [2.24, 2.45) is 11.0 Å². The lowest BCUT2D eigenvalue weighted by molar-refractivity contribution is -0.131. The summed E-state index contributed by atoms with van der Waals surface area (Å²) >= 11 is 0. The van der Waals surface area contributed by atoms with Crippen molar-refractivity contribution in [3.63, 3.8) is 0 Å². The molecule has 1 saturated heterocycles. The predicted molar refractivity (Wildman–Crippen MR) is 115 cm³/mol. The van der Waals surface area contributed by atoms with Gasteiger partial charge in [0, 0.05) is 0 Å². The van der Waals surface area contributed by atoms with E-state index >= 15 is 0 Å². The molecular weight excluding hydrogens is 382 g/mol. The molecule has 0 aromatic heterocycles. The highest BCUT2D eigenvalue weighted by Crippen LogP contribution is 2.30. The topological polar surface area (TPSA) is 80.2 Å². The van der Waals surface area contributed by atoms with Crippen molar-refractivity contribution in [1.82, 2.24) is 10.3 Å². The number of benzene rings is 2. The molecule has 1 aliphatic heterocycles. The first kappa shape index (κ1) is 21.4. The summed E-state index contributed by atoms with van der Waals surface area (Å²) < 4.78 is 11.2. The van der Waals surface area contributed by atoms with Gasteiger partial charge in [0.1, 0.15) is 5.54 Å². The van der Waals surface area contributed by atoms with Crippen LogP contribution in [0, 0.1) is 5.92 Å². The zero-order valence-corrected chi connectivity index (χ0v) is 17.7. The Kier molecular flexibility index (Phi) is 6.40. The standard InChI is InChI=1S/C23H27N3O4/c1-16(2)12-13-30-19-11-10-17(14-20(19)29-4)15-24-26-21(27)23(3,25-22(26)28)18-8-6-5-7-9-18/h5-11,14-16H,12-13H2,1-4H3,(H,25,28)/b24-15-/t23-/m0/s1. The lowest BCUT2D eigenvalue weighted by Crippen LogP contribution is -2.40. The lowest BCUT2D eigenvalue weighted by Gasteiger charge is -2.20. The Morgan fingerprint density at radius 1 is 1.13 bits per heavy atom. The van der Waals surface area contributed by atoms with Gasteiger partial charge >= 0.3 is 6.03 Å². The number of methoxy groups -OCH3 is 1. The third kappa shape index (κ3) is 4.45. The van der Waals surface area contributed by atoms with E-state index in [0.717, 1.165) is 11.4 Å². The van der Waals surface area contributed by atoms with Crippen LogP contribution in [0.1, 0.15) is 38.3 Å². The van der Waals surface area contributed by atoms with Crippen molar-refractivity contribution in [2.45, 2.75) is 32.7 Å². The maximum Gasteiger partial charge on any atom is 0.346 e. The third-order valence-electron chi connectivity index (χ3n) is 4.98. The van der Waals surface area contributed by atoms with Crippen LogP contribution in [0.3, 0.4) is 0 Å². The van der Waals surface area contributed by atoms with Gasteiger partial charge in [0.25, 0.3) is 5.91 Å². The quantitative estimate of drug-likeness (QED) is 0.529. The first-order chi connectivity index (χ1) is 14.3. The van der Waals surface area contributed by atoms with Crippen LogP contribution in [-0.2, 0) is 10.3 Å². The highest BCUT2D eigenvalue weighted by Gasteiger charge is 2.49. The molecule has 0 radical (unpaired) electrons. The largest absolute Gasteiger partial charge is 0.493 e. The zero-order chi connectivity index (χ0) is 21.7. The van der Waals surface area contributed by atoms with Crippen LogP contribution in [-0.4, -0.2) is 36.9 Å². The maximum atomic E-state index is 12.9. The molecule has 3 amide bonds. The average molecular weight is 409 g/mol. The summed E-state index contributed by atoms with van der Waals surface area (Å²) in [7, 11) is 1.56. The van der Waals surface area contributed by atoms with E-state index in [4.69, 9.17) is 9.47 Å². The molecule has 0 aliphatic carbocycles. The summed E-state index contributed by atoms with van der Waals surface area (Å²) in [5.41, 5.74) is 0.226. The molecule has 3 rings (SSSR count). The summed E-state index contributed by atoms with van der Waals surface area (Å²) in [6.07, 6.45) is 2.40. The zero-order valence-electron chi connectivity index (χ0n) is 17.7. The van der Waals surface area contributed by atoms with E-state index in [9.17, 15) is 9.59 Å². The Balaban J connectivity index is 1.75. The van der Waals surface area contributed by atoms with Crippen LogP contribution in [0.2, 0.25) is 0 Å². The van der Waals surface area contributed by atoms with Crippen molar-refractivity contribution in [1.29, 1.82) is 0 Å². The number of ether oxygens (including phenoxy) is 2. The molecule has 7 nitrogen and oxygen atoms in total. The molecule has 1 aliphatic rings. The first-order valence-electron chi connectivity index (χ1n) is 9.92. The molecule has 7 heteroatoms. The van der Waals surface area contributed by atoms with E-state index in [1.54, 1.807) is 44.4 Å². The van der Waals surface area contributed by atoms with Crippen LogP contribution in [0.4, 0.5) is 4.79 Å². The van der Waals surface area contributed by atoms with Crippen molar-refractivity contribution >= 4 is 18.2 Å². The molecule has 1 N–H and O–H groups in total. The highest BCUT2D eigenvalue weighted by molar-refractivity contribution is 6.07. The number of carbonyl (C=O) groups is 2. The minimum Gasteiger partial charge on any atom is -0.493 e. The number of nitrogens with zero attached hydrogens (tertiary/aromatic N) is 2. The Morgan fingerprint density at radius 3 is 2.53 bits per heavy atom. The Bertz CT molecular complexity index is 943. The number of urea groups is 1. The number of rotatable bonds is 8. The number of hydrazone groups is 1. The number of imide groups is 1. The predicted octanol–water partition coefficient (Wildman–Crippen LogP) is 3.92. The molecule has 158 valence electrons. The van der Waals surface area contributed by atoms with Gasteiger partial charge in [-0.25, -0.2) is 4.79 Å².